The van der Waals surface area contributed by atoms with E-state index in [2.05, 4.69) is 16.1 Å². The number of carbonyl (C=O) groups excluding carboxylic acids is 3. The second kappa shape index (κ2) is 11.4. The second-order valence-corrected chi connectivity index (χ2v) is 8.60. The normalized spacial score (nSPS) is 17.1. The Labute approximate surface area is 198 Å². The molecule has 1 saturated heterocycles. The van der Waals surface area contributed by atoms with E-state index < -0.39 is 29.5 Å². The van der Waals surface area contributed by atoms with Gasteiger partial charge in [0.15, 0.2) is 0 Å². The monoisotopic (exact) mass is 472 g/mol. The summed E-state index contributed by atoms with van der Waals surface area (Å²) in [7, 11) is 0. The maximum Gasteiger partial charge on any atom is 0.336 e. The van der Waals surface area contributed by atoms with E-state index in [4.69, 9.17) is 9.15 Å². The van der Waals surface area contributed by atoms with Gasteiger partial charge in [-0.1, -0.05) is 26.3 Å². The highest BCUT2D eigenvalue weighted by Gasteiger charge is 2.29. The van der Waals surface area contributed by atoms with Crippen LogP contribution in [0, 0.1) is 12.8 Å². The SMILES string of the molecule is CC[C@H](C)[C@H](NN1CCOCC1)C(=O)N[C@@H](C)C(=O)NC(=O)c1ccc2c(C)cc(=O)oc2c1. The summed E-state index contributed by atoms with van der Waals surface area (Å²) in [4.78, 5) is 49.8. The summed E-state index contributed by atoms with van der Waals surface area (Å²) in [6.07, 6.45) is 0.770. The van der Waals surface area contributed by atoms with Crippen molar-refractivity contribution in [2.24, 2.45) is 5.92 Å². The number of imide groups is 1. The van der Waals surface area contributed by atoms with Crippen LogP contribution in [0.3, 0.4) is 0 Å². The topological polar surface area (TPSA) is 130 Å². The highest BCUT2D eigenvalue weighted by molar-refractivity contribution is 6.08. The molecule has 2 aromatic rings. The number of hydrazine groups is 1. The first-order chi connectivity index (χ1) is 16.2. The minimum Gasteiger partial charge on any atom is -0.423 e. The molecule has 0 radical (unpaired) electrons. The lowest BCUT2D eigenvalue weighted by molar-refractivity contribution is -0.131. The van der Waals surface area contributed by atoms with Crippen LogP contribution in [0.1, 0.15) is 43.1 Å². The maximum atomic E-state index is 13.0. The molecule has 34 heavy (non-hydrogen) atoms. The third-order valence-corrected chi connectivity index (χ3v) is 6.03. The van der Waals surface area contributed by atoms with Crippen molar-refractivity contribution < 1.29 is 23.5 Å². The molecule has 10 nitrogen and oxygen atoms in total. The number of aryl methyl sites for hydroxylation is 1. The lowest BCUT2D eigenvalue weighted by Crippen LogP contribution is -2.59. The molecule has 184 valence electrons. The quantitative estimate of drug-likeness (QED) is 0.487. The van der Waals surface area contributed by atoms with Crippen LogP contribution in [0.5, 0.6) is 0 Å². The number of hydrogen-bond acceptors (Lipinski definition) is 8. The van der Waals surface area contributed by atoms with Gasteiger partial charge in [0.1, 0.15) is 17.7 Å². The van der Waals surface area contributed by atoms with Crippen LogP contribution in [0.4, 0.5) is 0 Å². The van der Waals surface area contributed by atoms with Crippen molar-refractivity contribution in [2.75, 3.05) is 26.3 Å². The standard InChI is InChI=1S/C24H32N4O6/c1-5-14(2)21(27-28-8-10-33-11-9-28)24(32)25-16(4)22(30)26-23(31)17-6-7-18-15(3)12-20(29)34-19(18)13-17/h6-7,12-14,16,21,27H,5,8-11H2,1-4H3,(H,25,32)(H,26,30,31)/t14-,16-,21-/m0/s1. The highest BCUT2D eigenvalue weighted by atomic mass is 16.5. The number of carbonyl (C=O) groups is 3. The fraction of sp³-hybridized carbons (Fsp3) is 0.500. The maximum absolute atomic E-state index is 13.0. The number of rotatable bonds is 8. The zero-order valence-corrected chi connectivity index (χ0v) is 20.0. The summed E-state index contributed by atoms with van der Waals surface area (Å²) < 4.78 is 10.5. The molecule has 3 rings (SSSR count). The van der Waals surface area contributed by atoms with Gasteiger partial charge in [0.05, 0.1) is 13.2 Å². The second-order valence-electron chi connectivity index (χ2n) is 8.60. The molecule has 0 unspecified atom stereocenters. The third-order valence-electron chi connectivity index (χ3n) is 6.03. The molecule has 2 heterocycles. The molecule has 0 saturated carbocycles. The van der Waals surface area contributed by atoms with Crippen molar-refractivity contribution in [2.45, 2.75) is 46.2 Å². The van der Waals surface area contributed by atoms with E-state index in [0.717, 1.165) is 12.0 Å². The average molecular weight is 473 g/mol. The molecule has 0 spiro atoms. The summed E-state index contributed by atoms with van der Waals surface area (Å²) >= 11 is 0. The van der Waals surface area contributed by atoms with Crippen LogP contribution >= 0.6 is 0 Å². The number of morpholine rings is 1. The van der Waals surface area contributed by atoms with E-state index >= 15 is 0 Å². The van der Waals surface area contributed by atoms with E-state index in [9.17, 15) is 19.2 Å². The fourth-order valence-electron chi connectivity index (χ4n) is 3.70. The van der Waals surface area contributed by atoms with E-state index in [1.165, 1.54) is 19.1 Å². The Bertz CT molecular complexity index is 1110. The van der Waals surface area contributed by atoms with Gasteiger partial charge in [0.25, 0.3) is 5.91 Å². The molecule has 3 atom stereocenters. The van der Waals surface area contributed by atoms with Crippen LogP contribution in [-0.2, 0) is 14.3 Å². The fourth-order valence-corrected chi connectivity index (χ4v) is 3.70. The van der Waals surface area contributed by atoms with Crippen LogP contribution < -0.4 is 21.7 Å². The van der Waals surface area contributed by atoms with E-state index in [0.29, 0.717) is 31.7 Å². The molecule has 0 bridgehead atoms. The van der Waals surface area contributed by atoms with Crippen LogP contribution in [0.25, 0.3) is 11.0 Å². The largest absolute Gasteiger partial charge is 0.423 e. The summed E-state index contributed by atoms with van der Waals surface area (Å²) in [6.45, 7) is 9.74. The van der Waals surface area contributed by atoms with Gasteiger partial charge in [0, 0.05) is 30.1 Å². The van der Waals surface area contributed by atoms with Crippen molar-refractivity contribution in [1.29, 1.82) is 0 Å². The number of amides is 3. The Morgan fingerprint density at radius 3 is 2.47 bits per heavy atom. The molecular formula is C24H32N4O6. The highest BCUT2D eigenvalue weighted by Crippen LogP contribution is 2.18. The van der Waals surface area contributed by atoms with Gasteiger partial charge < -0.3 is 14.5 Å². The van der Waals surface area contributed by atoms with Crippen molar-refractivity contribution in [3.05, 3.63) is 45.8 Å². The Morgan fingerprint density at radius 1 is 1.09 bits per heavy atom. The molecule has 1 aliphatic rings. The number of hydrogen-bond donors (Lipinski definition) is 3. The molecule has 10 heteroatoms. The Hall–Kier alpha value is -3.08. The first-order valence-electron chi connectivity index (χ1n) is 11.5. The van der Waals surface area contributed by atoms with Gasteiger partial charge in [-0.25, -0.2) is 15.2 Å². The first-order valence-corrected chi connectivity index (χ1v) is 11.5. The van der Waals surface area contributed by atoms with Gasteiger partial charge in [-0.3, -0.25) is 19.7 Å². The number of fused-ring (bicyclic) bond motifs is 1. The van der Waals surface area contributed by atoms with Gasteiger partial charge in [-0.05, 0) is 37.5 Å². The van der Waals surface area contributed by atoms with Gasteiger partial charge in [-0.2, -0.15) is 0 Å². The van der Waals surface area contributed by atoms with Crippen molar-refractivity contribution >= 4 is 28.7 Å². The van der Waals surface area contributed by atoms with E-state index in [1.54, 1.807) is 19.1 Å². The van der Waals surface area contributed by atoms with E-state index in [1.807, 2.05) is 18.9 Å². The molecule has 0 aliphatic carbocycles. The average Bonchev–Trinajstić information content (AvgIpc) is 2.81. The summed E-state index contributed by atoms with van der Waals surface area (Å²) in [5, 5.41) is 7.65. The Kier molecular flexibility index (Phi) is 8.54. The Morgan fingerprint density at radius 2 is 1.79 bits per heavy atom. The number of benzene rings is 1. The summed E-state index contributed by atoms with van der Waals surface area (Å²) in [5.41, 5.74) is 3.89. The minimum absolute atomic E-state index is 0.0236. The Balaban J connectivity index is 1.63. The third kappa shape index (κ3) is 6.28. The lowest BCUT2D eigenvalue weighted by Gasteiger charge is -2.33. The minimum atomic E-state index is -0.935. The molecule has 1 aromatic heterocycles. The molecule has 3 amide bonds. The summed E-state index contributed by atoms with van der Waals surface area (Å²) in [6, 6.07) is 4.53. The molecule has 1 aliphatic heterocycles. The van der Waals surface area contributed by atoms with Crippen molar-refractivity contribution in [1.82, 2.24) is 21.1 Å². The van der Waals surface area contributed by atoms with Crippen LogP contribution in [0.15, 0.2) is 33.5 Å². The lowest BCUT2D eigenvalue weighted by atomic mass is 9.98. The van der Waals surface area contributed by atoms with Crippen molar-refractivity contribution in [3.8, 4) is 0 Å². The van der Waals surface area contributed by atoms with E-state index in [-0.39, 0.29) is 23.0 Å². The van der Waals surface area contributed by atoms with Crippen molar-refractivity contribution in [3.63, 3.8) is 0 Å². The predicted octanol–water partition coefficient (Wildman–Crippen LogP) is 1.11. The van der Waals surface area contributed by atoms with Crippen LogP contribution in [0.2, 0.25) is 0 Å². The summed E-state index contributed by atoms with van der Waals surface area (Å²) in [5.74, 6) is -1.59. The zero-order chi connectivity index (χ0) is 24.8. The molecule has 3 N–H and O–H groups in total. The number of nitrogens with zero attached hydrogens (tertiary/aromatic N) is 1. The smallest absolute Gasteiger partial charge is 0.336 e. The zero-order valence-electron chi connectivity index (χ0n) is 20.0. The molecular weight excluding hydrogens is 440 g/mol. The first kappa shape index (κ1) is 25.5. The number of ether oxygens (including phenoxy) is 1. The van der Waals surface area contributed by atoms with Crippen LogP contribution in [-0.4, -0.2) is 61.1 Å². The predicted molar refractivity (Wildman–Crippen MR) is 126 cm³/mol. The molecule has 1 aromatic carbocycles. The molecule has 1 fully saturated rings. The van der Waals surface area contributed by atoms with Gasteiger partial charge in [-0.15, -0.1) is 0 Å². The van der Waals surface area contributed by atoms with Gasteiger partial charge in [0.2, 0.25) is 11.8 Å². The van der Waals surface area contributed by atoms with Gasteiger partial charge >= 0.3 is 5.63 Å². The number of nitrogens with one attached hydrogen (secondary N) is 3.